The number of amides is 1. The molecule has 0 spiro atoms. The summed E-state index contributed by atoms with van der Waals surface area (Å²) in [6, 6.07) is 13.3. The fraction of sp³-hybridized carbons (Fsp3) is 0.375. The van der Waals surface area contributed by atoms with Gasteiger partial charge < -0.3 is 9.64 Å². The van der Waals surface area contributed by atoms with Crippen molar-refractivity contribution in [1.82, 2.24) is 14.5 Å². The number of rotatable bonds is 7. The minimum absolute atomic E-state index is 0.0494. The van der Waals surface area contributed by atoms with Gasteiger partial charge in [-0.15, -0.1) is 0 Å². The SMILES string of the molecule is COCCCn1c(SC(C)C(=O)N2CCc3ccccc3C2)nc2cc(Cl)ccc2c1=O. The molecule has 1 aliphatic rings. The van der Waals surface area contributed by atoms with E-state index < -0.39 is 0 Å². The molecule has 1 amide bonds. The van der Waals surface area contributed by atoms with Crippen molar-refractivity contribution >= 4 is 40.2 Å². The Morgan fingerprint density at radius 2 is 2.03 bits per heavy atom. The summed E-state index contributed by atoms with van der Waals surface area (Å²) < 4.78 is 6.80. The van der Waals surface area contributed by atoms with Gasteiger partial charge in [0.25, 0.3) is 5.56 Å². The molecule has 0 fully saturated rings. The van der Waals surface area contributed by atoms with Crippen molar-refractivity contribution in [3.05, 3.63) is 69.0 Å². The Labute approximate surface area is 196 Å². The van der Waals surface area contributed by atoms with Crippen LogP contribution in [0.15, 0.2) is 52.4 Å². The van der Waals surface area contributed by atoms with Crippen LogP contribution in [0.4, 0.5) is 0 Å². The number of carbonyl (C=O) groups is 1. The fourth-order valence-electron chi connectivity index (χ4n) is 3.98. The largest absolute Gasteiger partial charge is 0.385 e. The highest BCUT2D eigenvalue weighted by Crippen LogP contribution is 2.27. The Morgan fingerprint density at radius 1 is 1.25 bits per heavy atom. The molecule has 1 unspecified atom stereocenters. The number of nitrogens with zero attached hydrogens (tertiary/aromatic N) is 3. The molecule has 168 valence electrons. The van der Waals surface area contributed by atoms with Crippen LogP contribution in [0.2, 0.25) is 5.02 Å². The first-order chi connectivity index (χ1) is 15.5. The molecule has 4 rings (SSSR count). The molecule has 6 nitrogen and oxygen atoms in total. The maximum absolute atomic E-state index is 13.2. The van der Waals surface area contributed by atoms with Crippen LogP contribution < -0.4 is 5.56 Å². The molecule has 0 saturated carbocycles. The number of hydrogen-bond donors (Lipinski definition) is 0. The van der Waals surface area contributed by atoms with Gasteiger partial charge in [0.1, 0.15) is 0 Å². The first-order valence-electron chi connectivity index (χ1n) is 10.7. The number of benzene rings is 2. The molecular weight excluding hydrogens is 446 g/mol. The van der Waals surface area contributed by atoms with Gasteiger partial charge in [-0.1, -0.05) is 47.6 Å². The fourth-order valence-corrected chi connectivity index (χ4v) is 5.16. The summed E-state index contributed by atoms with van der Waals surface area (Å²) in [6.07, 6.45) is 1.53. The minimum Gasteiger partial charge on any atom is -0.385 e. The standard InChI is InChI=1S/C24H26ClN3O3S/c1-16(22(29)27-12-10-17-6-3-4-7-18(17)15-27)32-24-26-21-14-19(25)8-9-20(21)23(30)28(24)11-5-13-31-2/h3-4,6-9,14,16H,5,10-13,15H2,1-2H3. The van der Waals surface area contributed by atoms with Crippen LogP contribution in [0.25, 0.3) is 10.9 Å². The predicted molar refractivity (Wildman–Crippen MR) is 128 cm³/mol. The van der Waals surface area contributed by atoms with Crippen molar-refractivity contribution in [1.29, 1.82) is 0 Å². The lowest BCUT2D eigenvalue weighted by Gasteiger charge is -2.30. The van der Waals surface area contributed by atoms with Gasteiger partial charge in [-0.25, -0.2) is 4.98 Å². The van der Waals surface area contributed by atoms with E-state index in [1.54, 1.807) is 29.9 Å². The Kier molecular flexibility index (Phi) is 7.18. The zero-order valence-electron chi connectivity index (χ0n) is 18.2. The van der Waals surface area contributed by atoms with Crippen molar-refractivity contribution in [3.63, 3.8) is 0 Å². The van der Waals surface area contributed by atoms with E-state index in [1.807, 2.05) is 24.0 Å². The maximum atomic E-state index is 13.2. The van der Waals surface area contributed by atoms with E-state index in [4.69, 9.17) is 21.3 Å². The highest BCUT2D eigenvalue weighted by Gasteiger charge is 2.26. The van der Waals surface area contributed by atoms with Crippen molar-refractivity contribution in [2.24, 2.45) is 0 Å². The predicted octanol–water partition coefficient (Wildman–Crippen LogP) is 4.15. The number of ether oxygens (including phenoxy) is 1. The molecule has 2 heterocycles. The molecule has 1 aliphatic heterocycles. The normalized spacial score (nSPS) is 14.4. The molecular formula is C24H26ClN3O3S. The van der Waals surface area contributed by atoms with Gasteiger partial charge in [-0.3, -0.25) is 14.2 Å². The van der Waals surface area contributed by atoms with E-state index >= 15 is 0 Å². The van der Waals surface area contributed by atoms with Crippen LogP contribution in [0.3, 0.4) is 0 Å². The van der Waals surface area contributed by atoms with Gasteiger partial charge in [0.05, 0.1) is 16.2 Å². The molecule has 2 aromatic carbocycles. The van der Waals surface area contributed by atoms with Crippen molar-refractivity contribution in [3.8, 4) is 0 Å². The second kappa shape index (κ2) is 10.1. The summed E-state index contributed by atoms with van der Waals surface area (Å²) in [6.45, 7) is 4.19. The Hall–Kier alpha value is -2.35. The zero-order valence-corrected chi connectivity index (χ0v) is 19.8. The van der Waals surface area contributed by atoms with E-state index in [2.05, 4.69) is 12.1 Å². The average molecular weight is 472 g/mol. The van der Waals surface area contributed by atoms with Gasteiger partial charge in [0.2, 0.25) is 5.91 Å². The molecule has 0 N–H and O–H groups in total. The van der Waals surface area contributed by atoms with Gasteiger partial charge in [0, 0.05) is 38.4 Å². The molecule has 1 aromatic heterocycles. The third-order valence-corrected chi connectivity index (χ3v) is 7.00. The van der Waals surface area contributed by atoms with E-state index in [1.165, 1.54) is 22.9 Å². The number of halogens is 1. The lowest BCUT2D eigenvalue weighted by molar-refractivity contribution is -0.131. The highest BCUT2D eigenvalue weighted by atomic mass is 35.5. The molecule has 0 bridgehead atoms. The van der Waals surface area contributed by atoms with E-state index in [0.29, 0.717) is 53.7 Å². The van der Waals surface area contributed by atoms with Crippen LogP contribution in [0.1, 0.15) is 24.5 Å². The first-order valence-corrected chi connectivity index (χ1v) is 11.9. The summed E-state index contributed by atoms with van der Waals surface area (Å²) in [4.78, 5) is 33.0. The zero-order chi connectivity index (χ0) is 22.7. The molecule has 32 heavy (non-hydrogen) atoms. The third-order valence-electron chi connectivity index (χ3n) is 5.68. The molecule has 3 aromatic rings. The number of methoxy groups -OCH3 is 1. The number of carbonyl (C=O) groups excluding carboxylic acids is 1. The van der Waals surface area contributed by atoms with Gasteiger partial charge in [-0.05, 0) is 49.1 Å². The summed E-state index contributed by atoms with van der Waals surface area (Å²) in [5.41, 5.74) is 2.91. The van der Waals surface area contributed by atoms with Crippen molar-refractivity contribution in [2.75, 3.05) is 20.3 Å². The lowest BCUT2D eigenvalue weighted by atomic mass is 10.00. The second-order valence-corrected chi connectivity index (χ2v) is 9.64. The van der Waals surface area contributed by atoms with Crippen LogP contribution in [-0.4, -0.2) is 45.9 Å². The smallest absolute Gasteiger partial charge is 0.262 e. The van der Waals surface area contributed by atoms with E-state index in [0.717, 1.165) is 6.42 Å². The number of thioether (sulfide) groups is 1. The second-order valence-electron chi connectivity index (χ2n) is 7.90. The van der Waals surface area contributed by atoms with Gasteiger partial charge in [0.15, 0.2) is 5.16 Å². The molecule has 1 atom stereocenters. The topological polar surface area (TPSA) is 64.4 Å². The quantitative estimate of drug-likeness (QED) is 0.294. The molecule has 8 heteroatoms. The molecule has 0 radical (unpaired) electrons. The van der Waals surface area contributed by atoms with Crippen LogP contribution >= 0.6 is 23.4 Å². The maximum Gasteiger partial charge on any atom is 0.262 e. The van der Waals surface area contributed by atoms with Gasteiger partial charge in [-0.2, -0.15) is 0 Å². The van der Waals surface area contributed by atoms with E-state index in [-0.39, 0.29) is 16.7 Å². The Morgan fingerprint density at radius 3 is 2.81 bits per heavy atom. The minimum atomic E-state index is -0.377. The van der Waals surface area contributed by atoms with Crippen LogP contribution in [0, 0.1) is 0 Å². The average Bonchev–Trinajstić information content (AvgIpc) is 2.80. The summed E-state index contributed by atoms with van der Waals surface area (Å²) >= 11 is 7.45. The van der Waals surface area contributed by atoms with Crippen molar-refractivity contribution < 1.29 is 9.53 Å². The van der Waals surface area contributed by atoms with E-state index in [9.17, 15) is 9.59 Å². The number of hydrogen-bond acceptors (Lipinski definition) is 5. The van der Waals surface area contributed by atoms with Crippen LogP contribution in [0.5, 0.6) is 0 Å². The Balaban J connectivity index is 1.60. The van der Waals surface area contributed by atoms with Crippen LogP contribution in [-0.2, 0) is 29.0 Å². The summed E-state index contributed by atoms with van der Waals surface area (Å²) in [5.74, 6) is 0.0494. The Bertz CT molecular complexity index is 1200. The highest BCUT2D eigenvalue weighted by molar-refractivity contribution is 8.00. The third kappa shape index (κ3) is 4.85. The van der Waals surface area contributed by atoms with Gasteiger partial charge >= 0.3 is 0 Å². The monoisotopic (exact) mass is 471 g/mol. The van der Waals surface area contributed by atoms with Crippen molar-refractivity contribution in [2.45, 2.75) is 43.3 Å². The number of aromatic nitrogens is 2. The number of fused-ring (bicyclic) bond motifs is 2. The summed E-state index contributed by atoms with van der Waals surface area (Å²) in [7, 11) is 1.64. The summed E-state index contributed by atoms with van der Waals surface area (Å²) in [5, 5.41) is 1.19. The first kappa shape index (κ1) is 22.8. The molecule has 0 aliphatic carbocycles. The lowest BCUT2D eigenvalue weighted by Crippen LogP contribution is -2.40. The molecule has 0 saturated heterocycles.